The number of aromatic nitrogens is 2. The van der Waals surface area contributed by atoms with Gasteiger partial charge in [-0.1, -0.05) is 0 Å². The number of rotatable bonds is 5. The fourth-order valence-corrected chi connectivity index (χ4v) is 3.10. The molecule has 0 fully saturated rings. The van der Waals surface area contributed by atoms with Crippen molar-refractivity contribution in [1.29, 1.82) is 0 Å². The molecule has 3 aromatic rings. The van der Waals surface area contributed by atoms with Gasteiger partial charge in [-0.15, -0.1) is 0 Å². The molecule has 0 spiro atoms. The van der Waals surface area contributed by atoms with Crippen LogP contribution in [0.5, 0.6) is 5.88 Å². The highest BCUT2D eigenvalue weighted by Crippen LogP contribution is 2.40. The first kappa shape index (κ1) is 18.2. The normalized spacial score (nSPS) is 11.6. The fourth-order valence-electron chi connectivity index (χ4n) is 2.44. The van der Waals surface area contributed by atoms with Crippen LogP contribution >= 0.6 is 7.60 Å². The highest BCUT2D eigenvalue weighted by atomic mass is 31.2. The Labute approximate surface area is 146 Å². The summed E-state index contributed by atoms with van der Waals surface area (Å²) in [6.07, 6.45) is 0.679. The van der Waals surface area contributed by atoms with Gasteiger partial charge in [-0.25, -0.2) is 13.8 Å². The van der Waals surface area contributed by atoms with Gasteiger partial charge in [-0.2, -0.15) is 4.98 Å². The van der Waals surface area contributed by atoms with Crippen LogP contribution in [0.1, 0.15) is 5.56 Å². The zero-order valence-corrected chi connectivity index (χ0v) is 14.4. The predicted octanol–water partition coefficient (Wildman–Crippen LogP) is 3.34. The summed E-state index contributed by atoms with van der Waals surface area (Å²) in [5.41, 5.74) is 0.117. The summed E-state index contributed by atoms with van der Waals surface area (Å²) in [5.74, 6) is -1.60. The standard InChI is InChI=1S/C16H14F2N3O4P/c1-25-14-3-2-10-13(4-5-19-16(10)21-14)20-15-11(17)6-9(7-12(15)18)8-26(22,23)24/h2-7H,8H2,1H3,(H,19,20,21)(H2,22,23,24). The van der Waals surface area contributed by atoms with Crippen LogP contribution in [0.4, 0.5) is 20.2 Å². The Balaban J connectivity index is 1.99. The van der Waals surface area contributed by atoms with Gasteiger partial charge < -0.3 is 19.8 Å². The maximum atomic E-state index is 14.3. The van der Waals surface area contributed by atoms with Crippen molar-refractivity contribution in [2.24, 2.45) is 0 Å². The van der Waals surface area contributed by atoms with E-state index in [9.17, 15) is 13.3 Å². The van der Waals surface area contributed by atoms with Crippen molar-refractivity contribution in [3.63, 3.8) is 0 Å². The van der Waals surface area contributed by atoms with Gasteiger partial charge in [-0.05, 0) is 29.8 Å². The molecule has 0 bridgehead atoms. The van der Waals surface area contributed by atoms with E-state index in [1.807, 2.05) is 0 Å². The molecule has 0 atom stereocenters. The van der Waals surface area contributed by atoms with Crippen LogP contribution in [-0.4, -0.2) is 26.9 Å². The number of pyridine rings is 2. The minimum atomic E-state index is -4.43. The molecule has 0 unspecified atom stereocenters. The number of anilines is 2. The van der Waals surface area contributed by atoms with Gasteiger partial charge >= 0.3 is 7.60 Å². The Bertz CT molecular complexity index is 1000. The molecule has 2 aromatic heterocycles. The molecule has 3 N–H and O–H groups in total. The van der Waals surface area contributed by atoms with Crippen molar-refractivity contribution < 1.29 is 27.9 Å². The third-order valence-corrected chi connectivity index (χ3v) is 4.31. The first-order valence-corrected chi connectivity index (χ1v) is 9.16. The summed E-state index contributed by atoms with van der Waals surface area (Å²) < 4.78 is 44.6. The first-order valence-electron chi connectivity index (χ1n) is 7.36. The Morgan fingerprint density at radius 3 is 2.50 bits per heavy atom. The Morgan fingerprint density at radius 2 is 1.88 bits per heavy atom. The van der Waals surface area contributed by atoms with Crippen molar-refractivity contribution in [3.05, 3.63) is 53.7 Å². The summed E-state index contributed by atoms with van der Waals surface area (Å²) >= 11 is 0. The van der Waals surface area contributed by atoms with E-state index in [1.54, 1.807) is 12.1 Å². The largest absolute Gasteiger partial charge is 0.481 e. The van der Waals surface area contributed by atoms with Gasteiger partial charge in [-0.3, -0.25) is 4.57 Å². The maximum absolute atomic E-state index is 14.3. The molecular formula is C16H14F2N3O4P. The van der Waals surface area contributed by atoms with Crippen molar-refractivity contribution in [2.45, 2.75) is 6.16 Å². The zero-order chi connectivity index (χ0) is 18.9. The topological polar surface area (TPSA) is 105 Å². The number of nitrogens with one attached hydrogen (secondary N) is 1. The van der Waals surface area contributed by atoms with E-state index in [1.165, 1.54) is 19.4 Å². The van der Waals surface area contributed by atoms with Crippen LogP contribution < -0.4 is 10.1 Å². The van der Waals surface area contributed by atoms with E-state index in [0.717, 1.165) is 12.1 Å². The number of benzene rings is 1. The summed E-state index contributed by atoms with van der Waals surface area (Å²) in [4.78, 5) is 26.1. The molecule has 0 saturated heterocycles. The summed E-state index contributed by atoms with van der Waals surface area (Å²) in [5, 5.41) is 3.17. The van der Waals surface area contributed by atoms with E-state index < -0.39 is 31.1 Å². The SMILES string of the molecule is COc1ccc2c(Nc3c(F)cc(CP(=O)(O)O)cc3F)ccnc2n1. The van der Waals surface area contributed by atoms with Crippen LogP contribution in [0, 0.1) is 11.6 Å². The smallest absolute Gasteiger partial charge is 0.329 e. The minimum absolute atomic E-state index is 0.134. The second kappa shape index (κ2) is 6.95. The number of ether oxygens (including phenoxy) is 1. The van der Waals surface area contributed by atoms with Crippen molar-refractivity contribution in [1.82, 2.24) is 9.97 Å². The number of halogens is 2. The third-order valence-electron chi connectivity index (χ3n) is 3.54. The molecule has 3 rings (SSSR count). The van der Waals surface area contributed by atoms with Crippen LogP contribution in [0.3, 0.4) is 0 Å². The number of hydrogen-bond acceptors (Lipinski definition) is 5. The highest BCUT2D eigenvalue weighted by molar-refractivity contribution is 7.50. The third kappa shape index (κ3) is 3.96. The van der Waals surface area contributed by atoms with Gasteiger partial charge in [0.15, 0.2) is 5.65 Å². The monoisotopic (exact) mass is 381 g/mol. The van der Waals surface area contributed by atoms with Gasteiger partial charge in [0.1, 0.15) is 17.3 Å². The average Bonchev–Trinajstić information content (AvgIpc) is 2.56. The maximum Gasteiger partial charge on any atom is 0.329 e. The summed E-state index contributed by atoms with van der Waals surface area (Å²) in [6.45, 7) is 0. The highest BCUT2D eigenvalue weighted by Gasteiger charge is 2.19. The molecule has 0 saturated carbocycles. The molecule has 10 heteroatoms. The summed E-state index contributed by atoms with van der Waals surface area (Å²) in [6, 6.07) is 6.53. The molecule has 136 valence electrons. The van der Waals surface area contributed by atoms with E-state index in [2.05, 4.69) is 15.3 Å². The number of hydrogen-bond donors (Lipinski definition) is 3. The second-order valence-electron chi connectivity index (χ2n) is 5.47. The Kier molecular flexibility index (Phi) is 4.86. The molecule has 0 aliphatic heterocycles. The molecule has 1 aromatic carbocycles. The Hall–Kier alpha value is -2.61. The fraction of sp³-hybridized carbons (Fsp3) is 0.125. The lowest BCUT2D eigenvalue weighted by molar-refractivity contribution is 0.371. The first-order chi connectivity index (χ1) is 12.3. The van der Waals surface area contributed by atoms with Crippen LogP contribution in [0.2, 0.25) is 0 Å². The minimum Gasteiger partial charge on any atom is -0.481 e. The van der Waals surface area contributed by atoms with Gasteiger partial charge in [0.05, 0.1) is 19.0 Å². The van der Waals surface area contributed by atoms with Crippen molar-refractivity contribution in [2.75, 3.05) is 12.4 Å². The molecule has 0 radical (unpaired) electrons. The van der Waals surface area contributed by atoms with Crippen LogP contribution in [0.15, 0.2) is 36.5 Å². The Morgan fingerprint density at radius 1 is 1.19 bits per heavy atom. The molecule has 7 nitrogen and oxygen atoms in total. The zero-order valence-electron chi connectivity index (χ0n) is 13.5. The lowest BCUT2D eigenvalue weighted by Gasteiger charge is -2.13. The molecule has 26 heavy (non-hydrogen) atoms. The lowest BCUT2D eigenvalue weighted by Crippen LogP contribution is -2.01. The molecular weight excluding hydrogens is 367 g/mol. The molecule has 0 aliphatic rings. The van der Waals surface area contributed by atoms with E-state index in [-0.39, 0.29) is 5.56 Å². The van der Waals surface area contributed by atoms with E-state index in [4.69, 9.17) is 14.5 Å². The number of methoxy groups -OCH3 is 1. The van der Waals surface area contributed by atoms with Crippen molar-refractivity contribution in [3.8, 4) is 5.88 Å². The van der Waals surface area contributed by atoms with Gasteiger partial charge in [0, 0.05) is 17.6 Å². The summed E-state index contributed by atoms with van der Waals surface area (Å²) in [7, 11) is -2.97. The van der Waals surface area contributed by atoms with E-state index >= 15 is 0 Å². The van der Waals surface area contributed by atoms with Gasteiger partial charge in [0.25, 0.3) is 0 Å². The van der Waals surface area contributed by atoms with Crippen molar-refractivity contribution >= 4 is 30.0 Å². The lowest BCUT2D eigenvalue weighted by atomic mass is 10.2. The van der Waals surface area contributed by atoms with Crippen LogP contribution in [0.25, 0.3) is 11.0 Å². The second-order valence-corrected chi connectivity index (χ2v) is 7.11. The quantitative estimate of drug-likeness (QED) is 0.582. The van der Waals surface area contributed by atoms with Crippen LogP contribution in [-0.2, 0) is 10.7 Å². The number of nitrogens with zero attached hydrogens (tertiary/aromatic N) is 2. The number of fused-ring (bicyclic) bond motifs is 1. The molecule has 0 aliphatic carbocycles. The van der Waals surface area contributed by atoms with Gasteiger partial charge in [0.2, 0.25) is 5.88 Å². The average molecular weight is 381 g/mol. The van der Waals surface area contributed by atoms with E-state index in [0.29, 0.717) is 22.6 Å². The molecule has 2 heterocycles. The predicted molar refractivity (Wildman–Crippen MR) is 91.5 cm³/mol. The molecule has 0 amide bonds.